The standard InChI is InChI=1S/C18H23N5O3S/c1-3-5-15-20-21-18(27)23(15)11-16(24)19-12-7-8-13(14(10-12)26-2)22-9-4-6-17(22)25/h7-8,10H,3-6,9,11H2,1-2H3,(H,19,24)(H,21,27). The van der Waals surface area contributed by atoms with Gasteiger partial charge < -0.3 is 15.0 Å². The molecule has 1 fully saturated rings. The minimum atomic E-state index is -0.211. The van der Waals surface area contributed by atoms with Crippen LogP contribution in [-0.2, 0) is 22.6 Å². The third-order valence-corrected chi connectivity index (χ3v) is 4.75. The minimum Gasteiger partial charge on any atom is -0.494 e. The summed E-state index contributed by atoms with van der Waals surface area (Å²) in [5, 5.41) is 9.74. The lowest BCUT2D eigenvalue weighted by atomic mass is 10.2. The lowest BCUT2D eigenvalue weighted by Crippen LogP contribution is -2.24. The van der Waals surface area contributed by atoms with E-state index < -0.39 is 0 Å². The molecule has 3 rings (SSSR count). The summed E-state index contributed by atoms with van der Waals surface area (Å²) in [5.74, 6) is 1.19. The zero-order chi connectivity index (χ0) is 19.4. The van der Waals surface area contributed by atoms with Crippen molar-refractivity contribution in [3.8, 4) is 5.75 Å². The molecule has 0 bridgehead atoms. The maximum Gasteiger partial charge on any atom is 0.244 e. The zero-order valence-electron chi connectivity index (χ0n) is 15.4. The summed E-state index contributed by atoms with van der Waals surface area (Å²) < 4.78 is 7.54. The van der Waals surface area contributed by atoms with Gasteiger partial charge >= 0.3 is 0 Å². The highest BCUT2D eigenvalue weighted by Gasteiger charge is 2.24. The van der Waals surface area contributed by atoms with Crippen molar-refractivity contribution in [1.82, 2.24) is 14.8 Å². The van der Waals surface area contributed by atoms with E-state index in [4.69, 9.17) is 17.0 Å². The smallest absolute Gasteiger partial charge is 0.244 e. The van der Waals surface area contributed by atoms with E-state index in [9.17, 15) is 9.59 Å². The Bertz CT molecular complexity index is 905. The van der Waals surface area contributed by atoms with Crippen molar-refractivity contribution in [2.45, 2.75) is 39.2 Å². The van der Waals surface area contributed by atoms with Crippen molar-refractivity contribution in [1.29, 1.82) is 0 Å². The molecular weight excluding hydrogens is 366 g/mol. The molecule has 0 aliphatic carbocycles. The first-order valence-corrected chi connectivity index (χ1v) is 9.36. The number of amides is 2. The Labute approximate surface area is 162 Å². The first-order valence-electron chi connectivity index (χ1n) is 8.95. The van der Waals surface area contributed by atoms with Crippen LogP contribution in [0.15, 0.2) is 18.2 Å². The van der Waals surface area contributed by atoms with E-state index >= 15 is 0 Å². The Hall–Kier alpha value is -2.68. The number of nitrogens with zero attached hydrogens (tertiary/aromatic N) is 3. The van der Waals surface area contributed by atoms with Crippen LogP contribution in [0.3, 0.4) is 0 Å². The molecule has 0 atom stereocenters. The molecule has 8 nitrogen and oxygen atoms in total. The summed E-state index contributed by atoms with van der Waals surface area (Å²) in [6.45, 7) is 2.81. The van der Waals surface area contributed by atoms with Gasteiger partial charge in [0, 0.05) is 31.1 Å². The number of carbonyl (C=O) groups excluding carboxylic acids is 2. The summed E-state index contributed by atoms with van der Waals surface area (Å²) in [6, 6.07) is 5.28. The summed E-state index contributed by atoms with van der Waals surface area (Å²) >= 11 is 5.21. The van der Waals surface area contributed by atoms with Crippen molar-refractivity contribution < 1.29 is 14.3 Å². The quantitative estimate of drug-likeness (QED) is 0.711. The van der Waals surface area contributed by atoms with Crippen LogP contribution < -0.4 is 15.0 Å². The zero-order valence-corrected chi connectivity index (χ0v) is 16.3. The van der Waals surface area contributed by atoms with Crippen LogP contribution in [0.1, 0.15) is 32.0 Å². The highest BCUT2D eigenvalue weighted by molar-refractivity contribution is 7.71. The van der Waals surface area contributed by atoms with Crippen molar-refractivity contribution >= 4 is 35.4 Å². The van der Waals surface area contributed by atoms with Gasteiger partial charge in [0.15, 0.2) is 4.77 Å². The van der Waals surface area contributed by atoms with Crippen LogP contribution in [-0.4, -0.2) is 40.2 Å². The molecule has 0 unspecified atom stereocenters. The molecule has 0 spiro atoms. The minimum absolute atomic E-state index is 0.0827. The summed E-state index contributed by atoms with van der Waals surface area (Å²) in [7, 11) is 1.55. The van der Waals surface area contributed by atoms with Crippen LogP contribution in [0.25, 0.3) is 0 Å². The number of methoxy groups -OCH3 is 1. The Kier molecular flexibility index (Phi) is 5.90. The second kappa shape index (κ2) is 8.34. The average molecular weight is 389 g/mol. The predicted octanol–water partition coefficient (Wildman–Crippen LogP) is 2.67. The summed E-state index contributed by atoms with van der Waals surface area (Å²) in [6.07, 6.45) is 3.04. The molecule has 2 heterocycles. The number of hydrogen-bond acceptors (Lipinski definition) is 5. The van der Waals surface area contributed by atoms with Crippen LogP contribution in [0.2, 0.25) is 0 Å². The highest BCUT2D eigenvalue weighted by atomic mass is 32.1. The van der Waals surface area contributed by atoms with Crippen molar-refractivity contribution in [2.75, 3.05) is 23.9 Å². The molecule has 2 aromatic rings. The Balaban J connectivity index is 1.74. The maximum absolute atomic E-state index is 12.5. The molecule has 1 aromatic heterocycles. The van der Waals surface area contributed by atoms with Gasteiger partial charge in [0.2, 0.25) is 11.8 Å². The number of hydrogen-bond donors (Lipinski definition) is 2. The topological polar surface area (TPSA) is 92.3 Å². The second-order valence-corrected chi connectivity index (χ2v) is 6.75. The highest BCUT2D eigenvalue weighted by Crippen LogP contribution is 2.33. The van der Waals surface area contributed by atoms with Gasteiger partial charge in [0.1, 0.15) is 18.1 Å². The molecule has 27 heavy (non-hydrogen) atoms. The molecule has 1 saturated heterocycles. The second-order valence-electron chi connectivity index (χ2n) is 6.36. The van der Waals surface area contributed by atoms with Crippen LogP contribution in [0.5, 0.6) is 5.75 Å². The molecule has 1 aromatic carbocycles. The van der Waals surface area contributed by atoms with Gasteiger partial charge in [-0.2, -0.15) is 5.10 Å². The number of H-pyrrole nitrogens is 1. The van der Waals surface area contributed by atoms with Crippen molar-refractivity contribution in [3.05, 3.63) is 28.8 Å². The van der Waals surface area contributed by atoms with E-state index in [0.717, 1.165) is 30.8 Å². The predicted molar refractivity (Wildman–Crippen MR) is 105 cm³/mol. The Morgan fingerprint density at radius 1 is 1.44 bits per heavy atom. The van der Waals surface area contributed by atoms with Gasteiger partial charge in [-0.05, 0) is 37.2 Å². The van der Waals surface area contributed by atoms with E-state index in [2.05, 4.69) is 15.5 Å². The molecule has 0 radical (unpaired) electrons. The average Bonchev–Trinajstić information content (AvgIpc) is 3.22. The van der Waals surface area contributed by atoms with E-state index in [-0.39, 0.29) is 18.4 Å². The van der Waals surface area contributed by atoms with Crippen molar-refractivity contribution in [2.24, 2.45) is 0 Å². The molecule has 2 N–H and O–H groups in total. The molecular formula is C18H23N5O3S. The first kappa shape index (κ1) is 19.1. The number of aromatic amines is 1. The lowest BCUT2D eigenvalue weighted by molar-refractivity contribution is -0.117. The Morgan fingerprint density at radius 3 is 2.93 bits per heavy atom. The van der Waals surface area contributed by atoms with E-state index in [1.54, 1.807) is 34.8 Å². The van der Waals surface area contributed by atoms with Crippen LogP contribution >= 0.6 is 12.2 Å². The number of anilines is 2. The number of nitrogens with one attached hydrogen (secondary N) is 2. The van der Waals surface area contributed by atoms with Gasteiger partial charge in [-0.15, -0.1) is 0 Å². The van der Waals surface area contributed by atoms with Crippen LogP contribution in [0, 0.1) is 4.77 Å². The van der Waals surface area contributed by atoms with E-state index in [0.29, 0.717) is 29.2 Å². The number of carbonyl (C=O) groups is 2. The molecule has 1 aliphatic rings. The third-order valence-electron chi connectivity index (χ3n) is 4.44. The first-order chi connectivity index (χ1) is 13.0. The SMILES string of the molecule is CCCc1n[nH]c(=S)n1CC(=O)Nc1ccc(N2CCCC2=O)c(OC)c1. The van der Waals surface area contributed by atoms with Crippen molar-refractivity contribution in [3.63, 3.8) is 0 Å². The monoisotopic (exact) mass is 389 g/mol. The van der Waals surface area contributed by atoms with E-state index in [1.165, 1.54) is 0 Å². The summed E-state index contributed by atoms with van der Waals surface area (Å²) in [5.41, 5.74) is 1.32. The number of ether oxygens (including phenoxy) is 1. The molecule has 2 amide bonds. The van der Waals surface area contributed by atoms with Gasteiger partial charge in [-0.1, -0.05) is 6.92 Å². The maximum atomic E-state index is 12.5. The van der Waals surface area contributed by atoms with Gasteiger partial charge in [0.25, 0.3) is 0 Å². The normalized spacial score (nSPS) is 13.9. The number of benzene rings is 1. The number of aromatic nitrogens is 3. The van der Waals surface area contributed by atoms with Crippen LogP contribution in [0.4, 0.5) is 11.4 Å². The fourth-order valence-electron chi connectivity index (χ4n) is 3.15. The number of rotatable bonds is 7. The molecule has 0 saturated carbocycles. The van der Waals surface area contributed by atoms with Gasteiger partial charge in [0.05, 0.1) is 12.8 Å². The lowest BCUT2D eigenvalue weighted by Gasteiger charge is -2.19. The largest absolute Gasteiger partial charge is 0.494 e. The van der Waals surface area contributed by atoms with E-state index in [1.807, 2.05) is 6.92 Å². The summed E-state index contributed by atoms with van der Waals surface area (Å²) in [4.78, 5) is 26.2. The molecule has 144 valence electrons. The molecule has 9 heteroatoms. The third kappa shape index (κ3) is 4.19. The Morgan fingerprint density at radius 2 is 2.26 bits per heavy atom. The molecule has 1 aliphatic heterocycles. The fourth-order valence-corrected chi connectivity index (χ4v) is 3.37. The van der Waals surface area contributed by atoms with Gasteiger partial charge in [-0.25, -0.2) is 0 Å². The number of aryl methyl sites for hydroxylation is 1. The van der Waals surface area contributed by atoms with Gasteiger partial charge in [-0.3, -0.25) is 19.3 Å². The fraction of sp³-hybridized carbons (Fsp3) is 0.444.